The SMILES string of the molecule is Cc1ccc(-c2nc(NC(=O)CCN3C(=O)CCC3=O)sc2C)cc1. The lowest BCUT2D eigenvalue weighted by Gasteiger charge is -2.12. The summed E-state index contributed by atoms with van der Waals surface area (Å²) in [6.45, 7) is 4.11. The second-order valence-electron chi connectivity index (χ2n) is 6.03. The molecular weight excluding hydrogens is 338 g/mol. The molecule has 0 radical (unpaired) electrons. The predicted molar refractivity (Wildman–Crippen MR) is 96.2 cm³/mol. The van der Waals surface area contributed by atoms with E-state index in [0.717, 1.165) is 21.0 Å². The van der Waals surface area contributed by atoms with E-state index < -0.39 is 0 Å². The average Bonchev–Trinajstić information content (AvgIpc) is 3.09. The molecule has 1 saturated heterocycles. The van der Waals surface area contributed by atoms with Crippen LogP contribution in [0.5, 0.6) is 0 Å². The summed E-state index contributed by atoms with van der Waals surface area (Å²) in [6.07, 6.45) is 0.564. The van der Waals surface area contributed by atoms with Gasteiger partial charge in [0.25, 0.3) is 0 Å². The first-order valence-electron chi connectivity index (χ1n) is 8.11. The van der Waals surface area contributed by atoms with Crippen LogP contribution in [-0.2, 0) is 14.4 Å². The Morgan fingerprint density at radius 1 is 1.16 bits per heavy atom. The van der Waals surface area contributed by atoms with Crippen LogP contribution in [0.1, 0.15) is 29.7 Å². The number of nitrogens with one attached hydrogen (secondary N) is 1. The van der Waals surface area contributed by atoms with Gasteiger partial charge in [-0.25, -0.2) is 4.98 Å². The lowest BCUT2D eigenvalue weighted by molar-refractivity contribution is -0.138. The minimum absolute atomic E-state index is 0.0793. The molecule has 0 atom stereocenters. The zero-order valence-corrected chi connectivity index (χ0v) is 15.0. The molecule has 0 unspecified atom stereocenters. The van der Waals surface area contributed by atoms with Crippen LogP contribution in [0.2, 0.25) is 0 Å². The monoisotopic (exact) mass is 357 g/mol. The molecule has 1 aromatic heterocycles. The Labute approximate surface area is 149 Å². The maximum atomic E-state index is 12.1. The van der Waals surface area contributed by atoms with Crippen molar-refractivity contribution in [3.8, 4) is 11.3 Å². The van der Waals surface area contributed by atoms with Gasteiger partial charge in [-0.3, -0.25) is 19.3 Å². The number of thiazole rings is 1. The van der Waals surface area contributed by atoms with E-state index in [-0.39, 0.29) is 43.5 Å². The number of imide groups is 1. The van der Waals surface area contributed by atoms with Crippen LogP contribution in [0.3, 0.4) is 0 Å². The molecule has 1 aliphatic heterocycles. The summed E-state index contributed by atoms with van der Waals surface area (Å²) in [5.41, 5.74) is 3.04. The summed E-state index contributed by atoms with van der Waals surface area (Å²) < 4.78 is 0. The highest BCUT2D eigenvalue weighted by atomic mass is 32.1. The second kappa shape index (κ2) is 7.14. The van der Waals surface area contributed by atoms with Crippen LogP contribution in [0.25, 0.3) is 11.3 Å². The third kappa shape index (κ3) is 3.93. The van der Waals surface area contributed by atoms with Crippen molar-refractivity contribution in [2.24, 2.45) is 0 Å². The number of rotatable bonds is 5. The van der Waals surface area contributed by atoms with Gasteiger partial charge in [0.05, 0.1) is 5.69 Å². The van der Waals surface area contributed by atoms with E-state index in [1.54, 1.807) is 0 Å². The molecule has 0 saturated carbocycles. The topological polar surface area (TPSA) is 79.4 Å². The molecule has 25 heavy (non-hydrogen) atoms. The molecule has 3 amide bonds. The standard InChI is InChI=1S/C18H19N3O3S/c1-11-3-5-13(6-4-11)17-12(2)25-18(20-17)19-14(22)9-10-21-15(23)7-8-16(21)24/h3-6H,7-10H2,1-2H3,(H,19,20,22). The van der Waals surface area contributed by atoms with Gasteiger partial charge in [-0.1, -0.05) is 29.8 Å². The number of hydrogen-bond donors (Lipinski definition) is 1. The molecular formula is C18H19N3O3S. The van der Waals surface area contributed by atoms with Gasteiger partial charge in [0, 0.05) is 36.2 Å². The molecule has 0 bridgehead atoms. The van der Waals surface area contributed by atoms with Gasteiger partial charge in [-0.15, -0.1) is 11.3 Å². The fraction of sp³-hybridized carbons (Fsp3) is 0.333. The second-order valence-corrected chi connectivity index (χ2v) is 7.23. The molecule has 7 heteroatoms. The van der Waals surface area contributed by atoms with Crippen LogP contribution in [0, 0.1) is 13.8 Å². The fourth-order valence-corrected chi connectivity index (χ4v) is 3.55. The lowest BCUT2D eigenvalue weighted by atomic mass is 10.1. The predicted octanol–water partition coefficient (Wildman–Crippen LogP) is 2.90. The van der Waals surface area contributed by atoms with E-state index in [1.165, 1.54) is 16.9 Å². The van der Waals surface area contributed by atoms with Gasteiger partial charge in [0.1, 0.15) is 0 Å². The number of aryl methyl sites for hydroxylation is 2. The van der Waals surface area contributed by atoms with Crippen molar-refractivity contribution < 1.29 is 14.4 Å². The van der Waals surface area contributed by atoms with E-state index in [4.69, 9.17) is 0 Å². The Morgan fingerprint density at radius 2 is 1.80 bits per heavy atom. The normalized spacial score (nSPS) is 14.2. The average molecular weight is 357 g/mol. The van der Waals surface area contributed by atoms with Crippen molar-refractivity contribution in [3.63, 3.8) is 0 Å². The fourth-order valence-electron chi connectivity index (χ4n) is 2.70. The number of carbonyl (C=O) groups excluding carboxylic acids is 3. The molecule has 1 aromatic carbocycles. The number of carbonyl (C=O) groups is 3. The summed E-state index contributed by atoms with van der Waals surface area (Å²) in [6, 6.07) is 8.06. The van der Waals surface area contributed by atoms with Crippen LogP contribution >= 0.6 is 11.3 Å². The Kier molecular flexibility index (Phi) is 4.94. The Hall–Kier alpha value is -2.54. The number of likely N-dealkylation sites (tertiary alicyclic amines) is 1. The zero-order chi connectivity index (χ0) is 18.0. The number of benzene rings is 1. The van der Waals surface area contributed by atoms with Crippen molar-refractivity contribution in [2.75, 3.05) is 11.9 Å². The molecule has 1 fully saturated rings. The van der Waals surface area contributed by atoms with Gasteiger partial charge in [-0.2, -0.15) is 0 Å². The number of amides is 3. The summed E-state index contributed by atoms with van der Waals surface area (Å²) in [5.74, 6) is -0.661. The van der Waals surface area contributed by atoms with Crippen LogP contribution in [0.4, 0.5) is 5.13 Å². The molecule has 3 rings (SSSR count). The maximum Gasteiger partial charge on any atom is 0.229 e. The summed E-state index contributed by atoms with van der Waals surface area (Å²) in [5, 5.41) is 3.28. The first-order chi connectivity index (χ1) is 11.9. The molecule has 0 spiro atoms. The molecule has 0 aliphatic carbocycles. The summed E-state index contributed by atoms with van der Waals surface area (Å²) in [4.78, 5) is 41.9. The Bertz CT molecular complexity index is 811. The number of nitrogens with zero attached hydrogens (tertiary/aromatic N) is 2. The maximum absolute atomic E-state index is 12.1. The van der Waals surface area contributed by atoms with Gasteiger partial charge in [0.15, 0.2) is 5.13 Å². The first kappa shape index (κ1) is 17.3. The van der Waals surface area contributed by atoms with Crippen molar-refractivity contribution >= 4 is 34.2 Å². The number of hydrogen-bond acceptors (Lipinski definition) is 5. The van der Waals surface area contributed by atoms with Gasteiger partial charge >= 0.3 is 0 Å². The van der Waals surface area contributed by atoms with E-state index in [2.05, 4.69) is 10.3 Å². The minimum atomic E-state index is -0.253. The van der Waals surface area contributed by atoms with Crippen molar-refractivity contribution in [2.45, 2.75) is 33.1 Å². The number of aromatic nitrogens is 1. The van der Waals surface area contributed by atoms with Gasteiger partial charge in [0.2, 0.25) is 17.7 Å². The van der Waals surface area contributed by atoms with Crippen molar-refractivity contribution in [3.05, 3.63) is 34.7 Å². The highest BCUT2D eigenvalue weighted by molar-refractivity contribution is 7.16. The van der Waals surface area contributed by atoms with Gasteiger partial charge in [-0.05, 0) is 13.8 Å². The van der Waals surface area contributed by atoms with E-state index in [0.29, 0.717) is 5.13 Å². The highest BCUT2D eigenvalue weighted by Crippen LogP contribution is 2.30. The molecule has 1 N–H and O–H groups in total. The number of anilines is 1. The van der Waals surface area contributed by atoms with Crippen molar-refractivity contribution in [1.29, 1.82) is 0 Å². The van der Waals surface area contributed by atoms with E-state index in [9.17, 15) is 14.4 Å². The molecule has 1 aliphatic rings. The zero-order valence-electron chi connectivity index (χ0n) is 14.2. The molecule has 2 aromatic rings. The highest BCUT2D eigenvalue weighted by Gasteiger charge is 2.28. The first-order valence-corrected chi connectivity index (χ1v) is 8.93. The summed E-state index contributed by atoms with van der Waals surface area (Å²) >= 11 is 1.41. The van der Waals surface area contributed by atoms with E-state index in [1.807, 2.05) is 38.1 Å². The van der Waals surface area contributed by atoms with E-state index >= 15 is 0 Å². The molecule has 2 heterocycles. The lowest BCUT2D eigenvalue weighted by Crippen LogP contribution is -2.32. The third-order valence-electron chi connectivity index (χ3n) is 4.09. The molecule has 130 valence electrons. The molecule has 6 nitrogen and oxygen atoms in total. The van der Waals surface area contributed by atoms with Crippen LogP contribution in [-0.4, -0.2) is 34.2 Å². The van der Waals surface area contributed by atoms with Crippen LogP contribution in [0.15, 0.2) is 24.3 Å². The minimum Gasteiger partial charge on any atom is -0.302 e. The Balaban J connectivity index is 1.62. The largest absolute Gasteiger partial charge is 0.302 e. The van der Waals surface area contributed by atoms with Crippen LogP contribution < -0.4 is 5.32 Å². The van der Waals surface area contributed by atoms with Gasteiger partial charge < -0.3 is 5.32 Å². The smallest absolute Gasteiger partial charge is 0.229 e. The Morgan fingerprint density at radius 3 is 2.44 bits per heavy atom. The third-order valence-corrected chi connectivity index (χ3v) is 4.97. The quantitative estimate of drug-likeness (QED) is 0.835. The summed E-state index contributed by atoms with van der Waals surface area (Å²) in [7, 11) is 0. The van der Waals surface area contributed by atoms with Crippen molar-refractivity contribution in [1.82, 2.24) is 9.88 Å².